The van der Waals surface area contributed by atoms with Crippen LogP contribution in [0, 0.1) is 5.41 Å². The van der Waals surface area contributed by atoms with Crippen LogP contribution >= 0.6 is 0 Å². The lowest BCUT2D eigenvalue weighted by Gasteiger charge is -2.20. The van der Waals surface area contributed by atoms with Gasteiger partial charge in [-0.3, -0.25) is 5.41 Å². The Hall–Kier alpha value is -3.54. The van der Waals surface area contributed by atoms with Crippen LogP contribution in [0.5, 0.6) is 5.75 Å². The van der Waals surface area contributed by atoms with Gasteiger partial charge in [-0.2, -0.15) is 0 Å². The molecule has 2 aromatic carbocycles. The minimum absolute atomic E-state index is 0.0680. The number of aromatic nitrogens is 1. The number of H-pyrrole nitrogens is 1. The minimum atomic E-state index is -0.218. The van der Waals surface area contributed by atoms with Crippen LogP contribution in [0.3, 0.4) is 0 Å². The van der Waals surface area contributed by atoms with E-state index in [-0.39, 0.29) is 12.0 Å². The third-order valence-electron chi connectivity index (χ3n) is 5.09. The average Bonchev–Trinajstić information content (AvgIpc) is 3.39. The van der Waals surface area contributed by atoms with Gasteiger partial charge < -0.3 is 20.8 Å². The summed E-state index contributed by atoms with van der Waals surface area (Å²) in [6.45, 7) is 4.74. The van der Waals surface area contributed by atoms with Crippen LogP contribution in [0.25, 0.3) is 0 Å². The summed E-state index contributed by atoms with van der Waals surface area (Å²) in [5, 5.41) is 11.3. The van der Waals surface area contributed by atoms with Gasteiger partial charge in [0.25, 0.3) is 0 Å². The van der Waals surface area contributed by atoms with Crippen molar-refractivity contribution in [3.8, 4) is 5.75 Å². The molecule has 0 saturated carbocycles. The second-order valence-corrected chi connectivity index (χ2v) is 6.74. The number of aromatic amines is 1. The first kappa shape index (κ1) is 18.8. The van der Waals surface area contributed by atoms with Crippen LogP contribution in [-0.4, -0.2) is 23.3 Å². The molecule has 0 amide bonds. The lowest BCUT2D eigenvalue weighted by atomic mass is 9.96. The molecule has 29 heavy (non-hydrogen) atoms. The first-order valence-electron chi connectivity index (χ1n) is 9.92. The summed E-state index contributed by atoms with van der Waals surface area (Å²) in [4.78, 5) is 7.61. The Morgan fingerprint density at radius 2 is 2.00 bits per heavy atom. The topological polar surface area (TPSA) is 99.3 Å². The number of hydrogen-bond acceptors (Lipinski definition) is 3. The molecule has 0 radical (unpaired) electrons. The van der Waals surface area contributed by atoms with Crippen LogP contribution < -0.4 is 15.8 Å². The van der Waals surface area contributed by atoms with Crippen molar-refractivity contribution in [2.45, 2.75) is 26.3 Å². The molecule has 3 heterocycles. The number of hydrogen-bond donors (Lipinski definition) is 4. The van der Waals surface area contributed by atoms with Crippen molar-refractivity contribution in [3.63, 3.8) is 0 Å². The van der Waals surface area contributed by atoms with Crippen LogP contribution in [0.4, 0.5) is 5.69 Å². The number of fused-ring (bicyclic) bond motifs is 3. The van der Waals surface area contributed by atoms with Gasteiger partial charge in [0.15, 0.2) is 0 Å². The summed E-state index contributed by atoms with van der Waals surface area (Å²) < 4.78 is 5.77. The van der Waals surface area contributed by atoms with Crippen molar-refractivity contribution in [3.05, 3.63) is 82.7 Å². The van der Waals surface area contributed by atoms with E-state index in [1.54, 1.807) is 0 Å². The van der Waals surface area contributed by atoms with Crippen molar-refractivity contribution in [1.29, 1.82) is 5.41 Å². The van der Waals surface area contributed by atoms with Crippen LogP contribution in [0.15, 0.2) is 59.7 Å². The molecule has 1 aromatic heterocycles. The maximum atomic E-state index is 7.68. The Balaban J connectivity index is 0.000000994. The van der Waals surface area contributed by atoms with Gasteiger partial charge in [0.05, 0.1) is 18.3 Å². The summed E-state index contributed by atoms with van der Waals surface area (Å²) >= 11 is 0. The Morgan fingerprint density at radius 1 is 1.17 bits per heavy atom. The number of rotatable bonds is 1. The van der Waals surface area contributed by atoms with Crippen LogP contribution in [0.1, 0.15) is 47.8 Å². The van der Waals surface area contributed by atoms with Crippen molar-refractivity contribution in [2.24, 2.45) is 10.7 Å². The van der Waals surface area contributed by atoms with Crippen molar-refractivity contribution < 1.29 is 4.74 Å². The molecule has 0 spiro atoms. The molecule has 0 bridgehead atoms. The van der Waals surface area contributed by atoms with Gasteiger partial charge in [-0.1, -0.05) is 44.2 Å². The third-order valence-corrected chi connectivity index (χ3v) is 5.09. The van der Waals surface area contributed by atoms with E-state index >= 15 is 0 Å². The predicted octanol–water partition coefficient (Wildman–Crippen LogP) is 4.22. The molecule has 1 unspecified atom stereocenters. The van der Waals surface area contributed by atoms with Gasteiger partial charge in [-0.15, -0.1) is 0 Å². The fraction of sp³-hybridized carbons (Fsp3) is 0.217. The highest BCUT2D eigenvalue weighted by molar-refractivity contribution is 6.19. The summed E-state index contributed by atoms with van der Waals surface area (Å²) in [5.41, 5.74) is 12.4. The van der Waals surface area contributed by atoms with Crippen molar-refractivity contribution in [1.82, 2.24) is 4.98 Å². The summed E-state index contributed by atoms with van der Waals surface area (Å²) in [6, 6.07) is 16.3. The van der Waals surface area contributed by atoms with Crippen molar-refractivity contribution in [2.75, 3.05) is 11.9 Å². The molecular weight excluding hydrogens is 362 g/mol. The Bertz CT molecular complexity index is 1080. The normalized spacial score (nSPS) is 17.6. The molecule has 0 fully saturated rings. The molecule has 5 rings (SSSR count). The van der Waals surface area contributed by atoms with Gasteiger partial charge in [0, 0.05) is 29.4 Å². The molecule has 2 aliphatic rings. The number of benzene rings is 2. The number of nitrogens with one attached hydrogen (secondary N) is 3. The smallest absolute Gasteiger partial charge is 0.213 e. The summed E-state index contributed by atoms with van der Waals surface area (Å²) in [5.74, 6) is 0.742. The van der Waals surface area contributed by atoms with Crippen LogP contribution in [0.2, 0.25) is 0 Å². The SMILES string of the molecule is CC.N=C(N)/N=C1/c2ccccc2NC(c2ccc3c(c2)OCC3)c2cc[nH]c21. The average molecular weight is 387 g/mol. The van der Waals surface area contributed by atoms with E-state index in [1.165, 1.54) is 5.56 Å². The Labute approximate surface area is 170 Å². The summed E-state index contributed by atoms with van der Waals surface area (Å²) in [6.07, 6.45) is 2.86. The number of para-hydroxylation sites is 1. The number of nitrogens with zero attached hydrogens (tertiary/aromatic N) is 1. The fourth-order valence-corrected chi connectivity index (χ4v) is 3.87. The highest BCUT2D eigenvalue weighted by Gasteiger charge is 2.28. The number of ether oxygens (including phenoxy) is 1. The minimum Gasteiger partial charge on any atom is -0.493 e. The van der Waals surface area contributed by atoms with Gasteiger partial charge in [0.2, 0.25) is 5.96 Å². The maximum absolute atomic E-state index is 7.68. The molecule has 5 N–H and O–H groups in total. The van der Waals surface area contributed by atoms with E-state index in [4.69, 9.17) is 15.9 Å². The number of nitrogens with two attached hydrogens (primary N) is 1. The third kappa shape index (κ3) is 3.38. The molecule has 2 aliphatic heterocycles. The van der Waals surface area contributed by atoms with Gasteiger partial charge >= 0.3 is 0 Å². The fourth-order valence-electron chi connectivity index (χ4n) is 3.87. The highest BCUT2D eigenvalue weighted by atomic mass is 16.5. The second-order valence-electron chi connectivity index (χ2n) is 6.74. The second kappa shape index (κ2) is 7.83. The molecule has 3 aromatic rings. The lowest BCUT2D eigenvalue weighted by molar-refractivity contribution is 0.356. The van der Waals surface area contributed by atoms with Crippen LogP contribution in [-0.2, 0) is 6.42 Å². The van der Waals surface area contributed by atoms with Gasteiger partial charge in [-0.05, 0) is 29.3 Å². The first-order valence-corrected chi connectivity index (χ1v) is 9.92. The highest BCUT2D eigenvalue weighted by Crippen LogP contribution is 2.38. The van der Waals surface area contributed by atoms with Gasteiger partial charge in [0.1, 0.15) is 11.5 Å². The van der Waals surface area contributed by atoms with Gasteiger partial charge in [-0.25, -0.2) is 4.99 Å². The summed E-state index contributed by atoms with van der Waals surface area (Å²) in [7, 11) is 0. The zero-order valence-electron chi connectivity index (χ0n) is 16.6. The molecule has 6 heteroatoms. The quantitative estimate of drug-likeness (QED) is 0.371. The Morgan fingerprint density at radius 3 is 2.83 bits per heavy atom. The Kier molecular flexibility index (Phi) is 5.08. The van der Waals surface area contributed by atoms with Crippen molar-refractivity contribution >= 4 is 17.4 Å². The maximum Gasteiger partial charge on any atom is 0.213 e. The number of guanidine groups is 1. The number of anilines is 1. The zero-order valence-corrected chi connectivity index (χ0v) is 16.6. The predicted molar refractivity (Wildman–Crippen MR) is 117 cm³/mol. The molecule has 0 saturated heterocycles. The zero-order chi connectivity index (χ0) is 20.4. The lowest BCUT2D eigenvalue weighted by Crippen LogP contribution is -2.14. The van der Waals surface area contributed by atoms with E-state index in [0.717, 1.165) is 46.8 Å². The first-order chi connectivity index (χ1) is 14.2. The molecule has 6 nitrogen and oxygen atoms in total. The van der Waals surface area contributed by atoms with E-state index in [9.17, 15) is 0 Å². The van der Waals surface area contributed by atoms with E-state index in [2.05, 4.69) is 33.5 Å². The molecule has 1 atom stereocenters. The molecular formula is C23H25N5O. The largest absolute Gasteiger partial charge is 0.493 e. The van der Waals surface area contributed by atoms with E-state index in [0.29, 0.717) is 5.71 Å². The molecule has 148 valence electrons. The van der Waals surface area contributed by atoms with E-state index < -0.39 is 0 Å². The van der Waals surface area contributed by atoms with E-state index in [1.807, 2.05) is 50.4 Å². The molecule has 0 aliphatic carbocycles. The monoisotopic (exact) mass is 387 g/mol. The standard InChI is InChI=1S/C21H19N5O.C2H6/c22-21(23)26-20-14-3-1-2-4-16(14)25-18(15-7-9-24-19(15)20)13-6-5-12-8-10-27-17(12)11-13;1-2/h1-7,9,11,18,24-25H,8,10H2,(H3,22,23);1-2H3/b26-20-;. The number of aliphatic imine (C=N–C) groups is 1.